The molecule has 0 saturated carbocycles. The number of hydrogen-bond acceptors (Lipinski definition) is 3. The van der Waals surface area contributed by atoms with Crippen LogP contribution in [-0.2, 0) is 0 Å². The van der Waals surface area contributed by atoms with E-state index in [0.29, 0.717) is 12.0 Å². The number of hydrogen-bond donors (Lipinski definition) is 1. The lowest BCUT2D eigenvalue weighted by atomic mass is 10.0. The molecule has 0 aliphatic heterocycles. The third kappa shape index (κ3) is 4.59. The van der Waals surface area contributed by atoms with Gasteiger partial charge in [-0.2, -0.15) is 11.8 Å². The van der Waals surface area contributed by atoms with Crippen molar-refractivity contribution in [2.45, 2.75) is 13.3 Å². The topological polar surface area (TPSA) is 40.5 Å². The van der Waals surface area contributed by atoms with E-state index in [0.717, 1.165) is 23.4 Å². The van der Waals surface area contributed by atoms with Gasteiger partial charge in [0.25, 0.3) is 5.91 Å². The van der Waals surface area contributed by atoms with Crippen molar-refractivity contribution < 1.29 is 9.90 Å². The number of benzene rings is 1. The first-order valence-electron chi connectivity index (χ1n) is 6.55. The molecule has 1 N–H and O–H groups in total. The third-order valence-corrected chi connectivity index (χ3v) is 3.59. The highest BCUT2D eigenvalue weighted by Gasteiger charge is 2.14. The van der Waals surface area contributed by atoms with Crippen molar-refractivity contribution in [1.29, 1.82) is 0 Å². The smallest absolute Gasteiger partial charge is 0.253 e. The standard InChI is InChI=1S/C16H21NO2S/c1-13-14(7-4-5-11-18)8-6-9-15(13)16(19)17(2)10-12-20-3/h6,8-9,18H,5,10-12H2,1-3H3. The number of amides is 1. The second-order valence-corrected chi connectivity index (χ2v) is 5.46. The second-order valence-electron chi connectivity index (χ2n) is 4.47. The molecule has 1 aromatic carbocycles. The minimum Gasteiger partial charge on any atom is -0.395 e. The summed E-state index contributed by atoms with van der Waals surface area (Å²) in [6.45, 7) is 2.71. The molecule has 0 spiro atoms. The average molecular weight is 291 g/mol. The van der Waals surface area contributed by atoms with Gasteiger partial charge in [-0.1, -0.05) is 17.9 Å². The zero-order valence-electron chi connectivity index (χ0n) is 12.3. The molecule has 0 unspecified atom stereocenters. The van der Waals surface area contributed by atoms with Crippen LogP contribution in [0.25, 0.3) is 0 Å². The highest BCUT2D eigenvalue weighted by atomic mass is 32.2. The summed E-state index contributed by atoms with van der Waals surface area (Å²) in [5, 5.41) is 8.75. The molecule has 1 rings (SSSR count). The van der Waals surface area contributed by atoms with E-state index in [1.807, 2.05) is 38.4 Å². The van der Waals surface area contributed by atoms with E-state index in [4.69, 9.17) is 5.11 Å². The molecule has 0 bridgehead atoms. The number of carbonyl (C=O) groups excluding carboxylic acids is 1. The van der Waals surface area contributed by atoms with Crippen molar-refractivity contribution in [3.05, 3.63) is 34.9 Å². The number of aliphatic hydroxyl groups is 1. The molecule has 0 heterocycles. The van der Waals surface area contributed by atoms with Gasteiger partial charge in [-0.05, 0) is 30.9 Å². The predicted octanol–water partition coefficient (Wildman–Crippen LogP) is 2.16. The molecule has 0 fully saturated rings. The Labute approximate surface area is 125 Å². The molecule has 3 nitrogen and oxygen atoms in total. The van der Waals surface area contributed by atoms with Crippen LogP contribution in [0, 0.1) is 18.8 Å². The quantitative estimate of drug-likeness (QED) is 0.845. The van der Waals surface area contributed by atoms with Gasteiger partial charge in [0.05, 0.1) is 6.61 Å². The van der Waals surface area contributed by atoms with Gasteiger partial charge >= 0.3 is 0 Å². The van der Waals surface area contributed by atoms with E-state index in [1.165, 1.54) is 0 Å². The van der Waals surface area contributed by atoms with Gasteiger partial charge in [-0.3, -0.25) is 4.79 Å². The number of nitrogens with zero attached hydrogens (tertiary/aromatic N) is 1. The normalized spacial score (nSPS) is 9.80. The molecular weight excluding hydrogens is 270 g/mol. The maximum atomic E-state index is 12.4. The van der Waals surface area contributed by atoms with Gasteiger partial charge in [-0.25, -0.2) is 0 Å². The highest BCUT2D eigenvalue weighted by Crippen LogP contribution is 2.15. The molecule has 1 aromatic rings. The molecule has 0 atom stereocenters. The first-order chi connectivity index (χ1) is 9.61. The summed E-state index contributed by atoms with van der Waals surface area (Å²) in [6, 6.07) is 5.59. The van der Waals surface area contributed by atoms with Gasteiger partial charge in [0.2, 0.25) is 0 Å². The van der Waals surface area contributed by atoms with E-state index in [-0.39, 0.29) is 12.5 Å². The largest absolute Gasteiger partial charge is 0.395 e. The summed E-state index contributed by atoms with van der Waals surface area (Å²) >= 11 is 1.72. The minimum absolute atomic E-state index is 0.0300. The van der Waals surface area contributed by atoms with E-state index >= 15 is 0 Å². The Bertz CT molecular complexity index is 517. The zero-order valence-corrected chi connectivity index (χ0v) is 13.1. The first kappa shape index (κ1) is 16.6. The Morgan fingerprint density at radius 3 is 2.85 bits per heavy atom. The molecule has 1 amide bonds. The lowest BCUT2D eigenvalue weighted by Crippen LogP contribution is -2.29. The Kier molecular flexibility index (Phi) is 7.21. The van der Waals surface area contributed by atoms with Crippen LogP contribution in [0.2, 0.25) is 0 Å². The van der Waals surface area contributed by atoms with E-state index in [1.54, 1.807) is 16.7 Å². The third-order valence-electron chi connectivity index (χ3n) is 3.00. The van der Waals surface area contributed by atoms with E-state index in [2.05, 4.69) is 11.8 Å². The predicted molar refractivity (Wildman–Crippen MR) is 85.1 cm³/mol. The molecule has 4 heteroatoms. The van der Waals surface area contributed by atoms with E-state index in [9.17, 15) is 4.79 Å². The van der Waals surface area contributed by atoms with Crippen LogP contribution in [0.5, 0.6) is 0 Å². The number of aliphatic hydroxyl groups excluding tert-OH is 1. The minimum atomic E-state index is 0.0300. The Balaban J connectivity index is 2.94. The monoisotopic (exact) mass is 291 g/mol. The van der Waals surface area contributed by atoms with E-state index < -0.39 is 0 Å². The van der Waals surface area contributed by atoms with Crippen molar-refractivity contribution in [3.8, 4) is 11.8 Å². The molecule has 20 heavy (non-hydrogen) atoms. The van der Waals surface area contributed by atoms with Crippen LogP contribution in [0.1, 0.15) is 27.9 Å². The number of thioether (sulfide) groups is 1. The van der Waals surface area contributed by atoms with Gasteiger partial charge < -0.3 is 10.0 Å². The molecular formula is C16H21NO2S. The fourth-order valence-corrected chi connectivity index (χ4v) is 2.21. The van der Waals surface area contributed by atoms with Gasteiger partial charge in [-0.15, -0.1) is 0 Å². The Hall–Kier alpha value is -1.44. The fraction of sp³-hybridized carbons (Fsp3) is 0.438. The molecule has 0 aliphatic rings. The highest BCUT2D eigenvalue weighted by molar-refractivity contribution is 7.98. The van der Waals surface area contributed by atoms with Crippen molar-refractivity contribution in [2.24, 2.45) is 0 Å². The summed E-state index contributed by atoms with van der Waals surface area (Å²) in [6.07, 6.45) is 2.48. The molecule has 0 aliphatic carbocycles. The van der Waals surface area contributed by atoms with Crippen molar-refractivity contribution in [1.82, 2.24) is 4.90 Å². The van der Waals surface area contributed by atoms with Gasteiger partial charge in [0, 0.05) is 36.9 Å². The lowest BCUT2D eigenvalue weighted by Gasteiger charge is -2.18. The van der Waals surface area contributed by atoms with Crippen LogP contribution >= 0.6 is 11.8 Å². The van der Waals surface area contributed by atoms with Crippen LogP contribution < -0.4 is 0 Å². The summed E-state index contributed by atoms with van der Waals surface area (Å²) < 4.78 is 0. The maximum Gasteiger partial charge on any atom is 0.253 e. The average Bonchev–Trinajstić information content (AvgIpc) is 2.46. The molecule has 0 saturated heterocycles. The Morgan fingerprint density at radius 1 is 1.45 bits per heavy atom. The zero-order chi connectivity index (χ0) is 15.0. The van der Waals surface area contributed by atoms with Crippen LogP contribution in [-0.4, -0.2) is 48.1 Å². The Morgan fingerprint density at radius 2 is 2.20 bits per heavy atom. The van der Waals surface area contributed by atoms with Gasteiger partial charge in [0.1, 0.15) is 0 Å². The van der Waals surface area contributed by atoms with Crippen molar-refractivity contribution in [3.63, 3.8) is 0 Å². The molecule has 0 radical (unpaired) electrons. The summed E-state index contributed by atoms with van der Waals surface area (Å²) in [5.41, 5.74) is 2.45. The van der Waals surface area contributed by atoms with Crippen LogP contribution in [0.15, 0.2) is 18.2 Å². The first-order valence-corrected chi connectivity index (χ1v) is 7.95. The maximum absolute atomic E-state index is 12.4. The molecule has 108 valence electrons. The van der Waals surface area contributed by atoms with Crippen molar-refractivity contribution in [2.75, 3.05) is 32.2 Å². The molecule has 0 aromatic heterocycles. The SMILES string of the molecule is CSCCN(C)C(=O)c1cccc(C#CCCO)c1C. The summed E-state index contributed by atoms with van der Waals surface area (Å²) in [7, 11) is 1.82. The number of rotatable bonds is 5. The van der Waals surface area contributed by atoms with Crippen molar-refractivity contribution >= 4 is 17.7 Å². The van der Waals surface area contributed by atoms with Gasteiger partial charge in [0.15, 0.2) is 0 Å². The second kappa shape index (κ2) is 8.68. The van der Waals surface area contributed by atoms with Crippen LogP contribution in [0.3, 0.4) is 0 Å². The summed E-state index contributed by atoms with van der Waals surface area (Å²) in [5.74, 6) is 6.86. The summed E-state index contributed by atoms with van der Waals surface area (Å²) in [4.78, 5) is 14.1. The fourth-order valence-electron chi connectivity index (χ4n) is 1.75. The number of carbonyl (C=O) groups is 1. The van der Waals surface area contributed by atoms with Crippen LogP contribution in [0.4, 0.5) is 0 Å². The lowest BCUT2D eigenvalue weighted by molar-refractivity contribution is 0.0803.